The van der Waals surface area contributed by atoms with Crippen LogP contribution in [0.1, 0.15) is 17.5 Å². The second kappa shape index (κ2) is 8.87. The lowest BCUT2D eigenvalue weighted by atomic mass is 10.1. The van der Waals surface area contributed by atoms with Gasteiger partial charge in [-0.05, 0) is 67.4 Å². The van der Waals surface area contributed by atoms with Crippen LogP contribution in [0.2, 0.25) is 0 Å². The summed E-state index contributed by atoms with van der Waals surface area (Å²) in [6.07, 6.45) is 0.954. The van der Waals surface area contributed by atoms with Crippen molar-refractivity contribution in [2.45, 2.75) is 24.7 Å². The second-order valence-corrected chi connectivity index (χ2v) is 8.35. The Balaban J connectivity index is 1.58. The van der Waals surface area contributed by atoms with Gasteiger partial charge in [-0.15, -0.1) is 0 Å². The zero-order valence-electron chi connectivity index (χ0n) is 15.9. The molecule has 3 aromatic carbocycles. The van der Waals surface area contributed by atoms with Crippen LogP contribution in [0.3, 0.4) is 0 Å². The number of hydrogen-bond acceptors (Lipinski definition) is 3. The van der Waals surface area contributed by atoms with E-state index >= 15 is 0 Å². The first-order valence-electron chi connectivity index (χ1n) is 9.06. The SMILES string of the molecule is Cc1ccc(CCC(=O)Nc2ccc(S(=O)(=O)Nc3ccc(F)cc3)cc2)cc1. The first kappa shape index (κ1) is 20.5. The molecule has 1 amide bonds. The van der Waals surface area contributed by atoms with Gasteiger partial charge in [0.2, 0.25) is 5.91 Å². The van der Waals surface area contributed by atoms with E-state index in [9.17, 15) is 17.6 Å². The molecule has 0 saturated carbocycles. The van der Waals surface area contributed by atoms with Crippen molar-refractivity contribution in [2.24, 2.45) is 0 Å². The minimum atomic E-state index is -3.81. The molecule has 0 radical (unpaired) electrons. The van der Waals surface area contributed by atoms with Crippen LogP contribution in [0, 0.1) is 12.7 Å². The summed E-state index contributed by atoms with van der Waals surface area (Å²) in [7, 11) is -3.81. The predicted octanol–water partition coefficient (Wildman–Crippen LogP) is 4.51. The van der Waals surface area contributed by atoms with Crippen LogP contribution in [0.25, 0.3) is 0 Å². The van der Waals surface area contributed by atoms with Crippen molar-refractivity contribution in [3.8, 4) is 0 Å². The molecule has 3 aromatic rings. The molecule has 2 N–H and O–H groups in total. The van der Waals surface area contributed by atoms with E-state index in [0.29, 0.717) is 18.5 Å². The zero-order chi connectivity index (χ0) is 20.9. The molecule has 0 heterocycles. The van der Waals surface area contributed by atoms with Crippen LogP contribution < -0.4 is 10.0 Å². The molecule has 0 unspecified atom stereocenters. The Hall–Kier alpha value is -3.19. The van der Waals surface area contributed by atoms with Crippen molar-refractivity contribution in [3.05, 3.63) is 89.7 Å². The fourth-order valence-electron chi connectivity index (χ4n) is 2.69. The van der Waals surface area contributed by atoms with Crippen molar-refractivity contribution in [3.63, 3.8) is 0 Å². The smallest absolute Gasteiger partial charge is 0.261 e. The van der Waals surface area contributed by atoms with E-state index in [4.69, 9.17) is 0 Å². The molecule has 0 spiro atoms. The Morgan fingerprint density at radius 1 is 0.862 bits per heavy atom. The third-order valence-corrected chi connectivity index (χ3v) is 5.70. The van der Waals surface area contributed by atoms with Crippen molar-refractivity contribution in [1.29, 1.82) is 0 Å². The molecule has 0 aliphatic carbocycles. The molecule has 3 rings (SSSR count). The summed E-state index contributed by atoms with van der Waals surface area (Å²) in [5.41, 5.74) is 3.03. The van der Waals surface area contributed by atoms with Crippen molar-refractivity contribution in [2.75, 3.05) is 10.0 Å². The highest BCUT2D eigenvalue weighted by Crippen LogP contribution is 2.19. The van der Waals surface area contributed by atoms with Crippen LogP contribution in [0.15, 0.2) is 77.7 Å². The van der Waals surface area contributed by atoms with E-state index in [2.05, 4.69) is 10.0 Å². The number of sulfonamides is 1. The average Bonchev–Trinajstić information content (AvgIpc) is 2.70. The molecule has 0 atom stereocenters. The van der Waals surface area contributed by atoms with Crippen molar-refractivity contribution < 1.29 is 17.6 Å². The summed E-state index contributed by atoms with van der Waals surface area (Å²) in [6.45, 7) is 2.01. The normalized spacial score (nSPS) is 11.1. The maximum absolute atomic E-state index is 12.9. The topological polar surface area (TPSA) is 75.3 Å². The molecule has 0 bridgehead atoms. The largest absolute Gasteiger partial charge is 0.326 e. The lowest BCUT2D eigenvalue weighted by Gasteiger charge is -2.10. The van der Waals surface area contributed by atoms with E-state index in [1.165, 1.54) is 54.1 Å². The molecular formula is C22H21FN2O3S. The van der Waals surface area contributed by atoms with Gasteiger partial charge in [0, 0.05) is 17.8 Å². The first-order chi connectivity index (χ1) is 13.8. The maximum Gasteiger partial charge on any atom is 0.261 e. The van der Waals surface area contributed by atoms with Crippen molar-refractivity contribution >= 4 is 27.3 Å². The summed E-state index contributed by atoms with van der Waals surface area (Å²) >= 11 is 0. The highest BCUT2D eigenvalue weighted by molar-refractivity contribution is 7.92. The highest BCUT2D eigenvalue weighted by Gasteiger charge is 2.14. The number of carbonyl (C=O) groups is 1. The van der Waals surface area contributed by atoms with E-state index in [-0.39, 0.29) is 16.5 Å². The number of anilines is 2. The predicted molar refractivity (Wildman–Crippen MR) is 112 cm³/mol. The second-order valence-electron chi connectivity index (χ2n) is 6.67. The lowest BCUT2D eigenvalue weighted by Crippen LogP contribution is -2.14. The summed E-state index contributed by atoms with van der Waals surface area (Å²) in [5.74, 6) is -0.596. The summed E-state index contributed by atoms with van der Waals surface area (Å²) in [4.78, 5) is 12.2. The van der Waals surface area contributed by atoms with E-state index in [1.54, 1.807) is 0 Å². The molecule has 0 fully saturated rings. The maximum atomic E-state index is 12.9. The van der Waals surface area contributed by atoms with Crippen LogP contribution in [-0.2, 0) is 21.2 Å². The van der Waals surface area contributed by atoms with Gasteiger partial charge < -0.3 is 5.32 Å². The van der Waals surface area contributed by atoms with Crippen LogP contribution in [0.4, 0.5) is 15.8 Å². The molecule has 0 aliphatic rings. The van der Waals surface area contributed by atoms with Gasteiger partial charge in [-0.3, -0.25) is 9.52 Å². The van der Waals surface area contributed by atoms with Gasteiger partial charge in [0.15, 0.2) is 0 Å². The number of rotatable bonds is 7. The van der Waals surface area contributed by atoms with E-state index in [1.807, 2.05) is 31.2 Å². The van der Waals surface area contributed by atoms with Gasteiger partial charge in [0.25, 0.3) is 10.0 Å². The third-order valence-electron chi connectivity index (χ3n) is 4.31. The quantitative estimate of drug-likeness (QED) is 0.600. The minimum Gasteiger partial charge on any atom is -0.326 e. The zero-order valence-corrected chi connectivity index (χ0v) is 16.7. The van der Waals surface area contributed by atoms with Gasteiger partial charge in [0.05, 0.1) is 4.90 Å². The number of benzene rings is 3. The molecule has 0 aromatic heterocycles. The van der Waals surface area contributed by atoms with Gasteiger partial charge in [-0.2, -0.15) is 0 Å². The number of halogens is 1. The third kappa shape index (κ3) is 5.89. The Morgan fingerprint density at radius 3 is 2.07 bits per heavy atom. The molecule has 150 valence electrons. The molecule has 29 heavy (non-hydrogen) atoms. The van der Waals surface area contributed by atoms with Crippen LogP contribution in [-0.4, -0.2) is 14.3 Å². The lowest BCUT2D eigenvalue weighted by molar-refractivity contribution is -0.116. The Kier molecular flexibility index (Phi) is 6.29. The van der Waals surface area contributed by atoms with Crippen LogP contribution >= 0.6 is 0 Å². The number of hydrogen-bond donors (Lipinski definition) is 2. The number of amides is 1. The number of nitrogens with one attached hydrogen (secondary N) is 2. The summed E-state index contributed by atoms with van der Waals surface area (Å²) < 4.78 is 40.2. The fraction of sp³-hybridized carbons (Fsp3) is 0.136. The Morgan fingerprint density at radius 2 is 1.45 bits per heavy atom. The Bertz CT molecular complexity index is 1080. The van der Waals surface area contributed by atoms with E-state index < -0.39 is 15.8 Å². The monoisotopic (exact) mass is 412 g/mol. The number of aryl methyl sites for hydroxylation is 2. The molecule has 5 nitrogen and oxygen atoms in total. The van der Waals surface area contributed by atoms with Crippen molar-refractivity contribution in [1.82, 2.24) is 0 Å². The van der Waals surface area contributed by atoms with Gasteiger partial charge in [-0.25, -0.2) is 12.8 Å². The summed E-state index contributed by atoms with van der Waals surface area (Å²) in [5, 5.41) is 2.76. The minimum absolute atomic E-state index is 0.0412. The van der Waals surface area contributed by atoms with E-state index in [0.717, 1.165) is 5.56 Å². The van der Waals surface area contributed by atoms with Gasteiger partial charge in [0.1, 0.15) is 5.82 Å². The van der Waals surface area contributed by atoms with Crippen LogP contribution in [0.5, 0.6) is 0 Å². The van der Waals surface area contributed by atoms with Gasteiger partial charge >= 0.3 is 0 Å². The standard InChI is InChI=1S/C22H21FN2O3S/c1-16-2-4-17(5-3-16)6-15-22(26)24-19-11-13-21(14-12-19)29(27,28)25-20-9-7-18(23)8-10-20/h2-5,7-14,25H,6,15H2,1H3,(H,24,26). The number of carbonyl (C=O) groups excluding carboxylic acids is 1. The fourth-order valence-corrected chi connectivity index (χ4v) is 3.74. The molecule has 0 saturated heterocycles. The highest BCUT2D eigenvalue weighted by atomic mass is 32.2. The summed E-state index contributed by atoms with van der Waals surface area (Å²) in [6, 6.07) is 18.9. The first-order valence-corrected chi connectivity index (χ1v) is 10.5. The Labute approximate surface area is 169 Å². The average molecular weight is 412 g/mol. The molecular weight excluding hydrogens is 391 g/mol. The molecule has 7 heteroatoms. The van der Waals surface area contributed by atoms with Gasteiger partial charge in [-0.1, -0.05) is 29.8 Å². The molecule has 0 aliphatic heterocycles.